The van der Waals surface area contributed by atoms with Crippen molar-refractivity contribution < 1.29 is 28.6 Å². The number of carbonyl (C=O) groups is 3. The second-order valence-corrected chi connectivity index (χ2v) is 9.22. The molecule has 1 fully saturated rings. The fourth-order valence-electron chi connectivity index (χ4n) is 2.81. The van der Waals surface area contributed by atoms with E-state index in [0.29, 0.717) is 5.56 Å². The standard InChI is InChI=1S/C19H21NO6S2/c1-10-16(24-11(2)21)17(25-12(3)22)18(26-13(4)23)19(27-10)28-15-7-5-14(9-20)6-8-15/h5-8,10,16-19H,1-4H3/t10-,16-,17+,18-,19+/m1/s1. The quantitative estimate of drug-likeness (QED) is 0.522. The zero-order valence-electron chi connectivity index (χ0n) is 15.9. The fraction of sp³-hybridized carbons (Fsp3) is 0.474. The van der Waals surface area contributed by atoms with E-state index in [1.165, 1.54) is 44.3 Å². The predicted molar refractivity (Wildman–Crippen MR) is 105 cm³/mol. The van der Waals surface area contributed by atoms with Gasteiger partial charge in [0.25, 0.3) is 0 Å². The Morgan fingerprint density at radius 1 is 0.929 bits per heavy atom. The summed E-state index contributed by atoms with van der Waals surface area (Å²) in [5.74, 6) is -1.58. The minimum absolute atomic E-state index is 0.198. The SMILES string of the molecule is CC(=O)O[C@@H]1[C@@H](OC(C)=O)[C@H](Sc2ccc(C#N)cc2)S[C@H](C)[C@H]1OC(C)=O. The normalized spacial score (nSPS) is 26.6. The smallest absolute Gasteiger partial charge is 0.303 e. The van der Waals surface area contributed by atoms with Gasteiger partial charge in [0.1, 0.15) is 0 Å². The van der Waals surface area contributed by atoms with Gasteiger partial charge in [-0.3, -0.25) is 14.4 Å². The van der Waals surface area contributed by atoms with E-state index in [2.05, 4.69) is 6.07 Å². The summed E-state index contributed by atoms with van der Waals surface area (Å²) in [5, 5.41) is 8.74. The largest absolute Gasteiger partial charge is 0.457 e. The Morgan fingerprint density at radius 2 is 1.43 bits per heavy atom. The molecule has 0 bridgehead atoms. The number of ether oxygens (including phenoxy) is 3. The molecule has 1 aliphatic rings. The molecule has 0 unspecified atom stereocenters. The maximum Gasteiger partial charge on any atom is 0.303 e. The average Bonchev–Trinajstić information content (AvgIpc) is 2.61. The molecule has 7 nitrogen and oxygen atoms in total. The van der Waals surface area contributed by atoms with Gasteiger partial charge in [0.2, 0.25) is 0 Å². The molecule has 0 N–H and O–H groups in total. The summed E-state index contributed by atoms with van der Waals surface area (Å²) >= 11 is 2.91. The molecule has 9 heteroatoms. The van der Waals surface area contributed by atoms with Gasteiger partial charge in [-0.2, -0.15) is 5.26 Å². The van der Waals surface area contributed by atoms with E-state index < -0.39 is 36.2 Å². The van der Waals surface area contributed by atoms with E-state index in [-0.39, 0.29) is 9.83 Å². The molecule has 0 aliphatic carbocycles. The van der Waals surface area contributed by atoms with Gasteiger partial charge < -0.3 is 14.2 Å². The summed E-state index contributed by atoms with van der Waals surface area (Å²) in [5.41, 5.74) is 0.540. The molecule has 1 aromatic carbocycles. The Bertz CT molecular complexity index is 776. The molecule has 28 heavy (non-hydrogen) atoms. The monoisotopic (exact) mass is 423 g/mol. The summed E-state index contributed by atoms with van der Waals surface area (Å²) < 4.78 is 16.0. The van der Waals surface area contributed by atoms with Crippen LogP contribution < -0.4 is 0 Å². The summed E-state index contributed by atoms with van der Waals surface area (Å²) in [6.45, 7) is 5.67. The minimum atomic E-state index is -0.919. The van der Waals surface area contributed by atoms with Crippen molar-refractivity contribution in [2.45, 2.75) is 60.7 Å². The van der Waals surface area contributed by atoms with Gasteiger partial charge >= 0.3 is 17.9 Å². The minimum Gasteiger partial charge on any atom is -0.457 e. The maximum atomic E-state index is 11.7. The van der Waals surface area contributed by atoms with Crippen LogP contribution in [0.15, 0.2) is 29.2 Å². The van der Waals surface area contributed by atoms with Crippen LogP contribution >= 0.6 is 23.5 Å². The zero-order chi connectivity index (χ0) is 20.8. The van der Waals surface area contributed by atoms with Crippen LogP contribution in [0.1, 0.15) is 33.3 Å². The van der Waals surface area contributed by atoms with Crippen molar-refractivity contribution >= 4 is 41.4 Å². The van der Waals surface area contributed by atoms with E-state index in [9.17, 15) is 14.4 Å². The molecule has 150 valence electrons. The van der Waals surface area contributed by atoms with E-state index in [0.717, 1.165) is 4.90 Å². The van der Waals surface area contributed by atoms with E-state index in [4.69, 9.17) is 19.5 Å². The number of nitriles is 1. The highest BCUT2D eigenvalue weighted by Gasteiger charge is 2.50. The molecular weight excluding hydrogens is 402 g/mol. The first kappa shape index (κ1) is 22.1. The first-order valence-electron chi connectivity index (χ1n) is 8.55. The molecule has 0 amide bonds. The zero-order valence-corrected chi connectivity index (χ0v) is 17.5. The van der Waals surface area contributed by atoms with E-state index in [1.54, 1.807) is 24.3 Å². The summed E-state index contributed by atoms with van der Waals surface area (Å²) in [7, 11) is 0. The van der Waals surface area contributed by atoms with Crippen molar-refractivity contribution in [1.29, 1.82) is 5.26 Å². The molecule has 5 atom stereocenters. The number of hydrogen-bond acceptors (Lipinski definition) is 9. The molecule has 2 rings (SSSR count). The van der Waals surface area contributed by atoms with Gasteiger partial charge in [-0.25, -0.2) is 0 Å². The number of rotatable bonds is 5. The van der Waals surface area contributed by atoms with Crippen LogP contribution in [0, 0.1) is 11.3 Å². The molecule has 1 aliphatic heterocycles. The Hall–Kier alpha value is -2.18. The van der Waals surface area contributed by atoms with Crippen LogP contribution in [-0.4, -0.2) is 46.1 Å². The van der Waals surface area contributed by atoms with Gasteiger partial charge in [-0.05, 0) is 31.2 Å². The molecule has 1 saturated heterocycles. The lowest BCUT2D eigenvalue weighted by atomic mass is 10.0. The predicted octanol–water partition coefficient (Wildman–Crippen LogP) is 2.91. The third kappa shape index (κ3) is 5.91. The van der Waals surface area contributed by atoms with Crippen molar-refractivity contribution in [3.05, 3.63) is 29.8 Å². The summed E-state index contributed by atoms with van der Waals surface area (Å²) in [6, 6.07) is 9.07. The molecule has 0 radical (unpaired) electrons. The van der Waals surface area contributed by atoms with Crippen LogP contribution in [0.2, 0.25) is 0 Å². The molecule has 1 aromatic rings. The number of hydrogen-bond donors (Lipinski definition) is 0. The number of esters is 3. The van der Waals surface area contributed by atoms with Crippen molar-refractivity contribution in [2.24, 2.45) is 0 Å². The van der Waals surface area contributed by atoms with Crippen molar-refractivity contribution in [1.82, 2.24) is 0 Å². The lowest BCUT2D eigenvalue weighted by Gasteiger charge is -2.43. The van der Waals surface area contributed by atoms with Crippen molar-refractivity contribution in [2.75, 3.05) is 0 Å². The Balaban J connectivity index is 2.33. The molecule has 1 heterocycles. The van der Waals surface area contributed by atoms with Crippen molar-refractivity contribution in [3.8, 4) is 6.07 Å². The Labute approximate surface area is 172 Å². The third-order valence-electron chi connectivity index (χ3n) is 3.87. The molecule has 0 spiro atoms. The number of carbonyl (C=O) groups excluding carboxylic acids is 3. The second kappa shape index (κ2) is 9.85. The van der Waals surface area contributed by atoms with Crippen LogP contribution in [0.3, 0.4) is 0 Å². The lowest BCUT2D eigenvalue weighted by Crippen LogP contribution is -2.56. The number of thioether (sulfide) groups is 2. The number of benzene rings is 1. The van der Waals surface area contributed by atoms with Crippen LogP contribution in [-0.2, 0) is 28.6 Å². The van der Waals surface area contributed by atoms with Gasteiger partial charge in [0.05, 0.1) is 16.2 Å². The first-order valence-corrected chi connectivity index (χ1v) is 10.4. The molecular formula is C19H21NO6S2. The highest BCUT2D eigenvalue weighted by molar-refractivity contribution is 8.17. The van der Waals surface area contributed by atoms with Crippen molar-refractivity contribution in [3.63, 3.8) is 0 Å². The lowest BCUT2D eigenvalue weighted by molar-refractivity contribution is -0.182. The van der Waals surface area contributed by atoms with Gasteiger partial charge in [0, 0.05) is 30.9 Å². The number of nitrogens with zero attached hydrogens (tertiary/aromatic N) is 1. The Kier molecular flexibility index (Phi) is 7.78. The first-order chi connectivity index (χ1) is 13.2. The Morgan fingerprint density at radius 3 is 1.93 bits per heavy atom. The third-order valence-corrected chi connectivity index (χ3v) is 6.77. The van der Waals surface area contributed by atoms with Gasteiger partial charge in [-0.15, -0.1) is 23.5 Å². The molecule has 0 saturated carbocycles. The maximum absolute atomic E-state index is 11.7. The van der Waals surface area contributed by atoms with E-state index >= 15 is 0 Å². The highest BCUT2D eigenvalue weighted by atomic mass is 32.2. The van der Waals surface area contributed by atoms with E-state index in [1.807, 2.05) is 6.92 Å². The molecule has 0 aromatic heterocycles. The second-order valence-electron chi connectivity index (χ2n) is 6.19. The highest BCUT2D eigenvalue weighted by Crippen LogP contribution is 2.45. The van der Waals surface area contributed by atoms with Crippen LogP contribution in [0.5, 0.6) is 0 Å². The summed E-state index contributed by atoms with van der Waals surface area (Å²) in [6.07, 6.45) is -2.47. The fourth-order valence-corrected chi connectivity index (χ4v) is 5.95. The van der Waals surface area contributed by atoms with Crippen LogP contribution in [0.4, 0.5) is 0 Å². The topological polar surface area (TPSA) is 103 Å². The summed E-state index contributed by atoms with van der Waals surface area (Å²) in [4.78, 5) is 35.8. The van der Waals surface area contributed by atoms with Crippen LogP contribution in [0.25, 0.3) is 0 Å². The van der Waals surface area contributed by atoms with Gasteiger partial charge in [0.15, 0.2) is 18.3 Å². The average molecular weight is 424 g/mol. The van der Waals surface area contributed by atoms with Gasteiger partial charge in [-0.1, -0.05) is 0 Å².